The largest absolute Gasteiger partial charge is 0.465 e. The molecule has 0 aromatic rings. The highest BCUT2D eigenvalue weighted by molar-refractivity contribution is 5.85. The Balaban J connectivity index is 4.17. The molecule has 0 radical (unpaired) electrons. The minimum Gasteiger partial charge on any atom is -0.465 e. The molecule has 0 saturated heterocycles. The quantitative estimate of drug-likeness (QED) is 0.640. The lowest BCUT2D eigenvalue weighted by Crippen LogP contribution is -2.37. The number of carbonyl (C=O) groups is 3. The van der Waals surface area contributed by atoms with Crippen LogP contribution in [0.3, 0.4) is 0 Å². The molecular weight excluding hydrogens is 178 g/mol. The molecule has 0 aliphatic rings. The van der Waals surface area contributed by atoms with Crippen molar-refractivity contribution in [3.63, 3.8) is 0 Å². The minimum atomic E-state index is -1.52. The first-order valence-corrected chi connectivity index (χ1v) is 3.66. The fraction of sp³-hybridized carbons (Fsp3) is 0.571. The lowest BCUT2D eigenvalue weighted by Gasteiger charge is -2.16. The van der Waals surface area contributed by atoms with Crippen LogP contribution in [0.25, 0.3) is 0 Å². The van der Waals surface area contributed by atoms with E-state index >= 15 is 0 Å². The van der Waals surface area contributed by atoms with Crippen molar-refractivity contribution in [2.45, 2.75) is 13.3 Å². The number of rotatable bonds is 4. The first-order chi connectivity index (χ1) is 5.99. The predicted molar refractivity (Wildman–Crippen MR) is 42.6 cm³/mol. The molecule has 0 aromatic carbocycles. The minimum absolute atomic E-state index is 0.150. The molecule has 0 rings (SSSR count). The van der Waals surface area contributed by atoms with Crippen molar-refractivity contribution < 1.29 is 24.6 Å². The molecule has 1 unspecified atom stereocenters. The summed E-state index contributed by atoms with van der Waals surface area (Å²) in [5, 5.41) is 16.8. The zero-order valence-electron chi connectivity index (χ0n) is 7.14. The molecule has 0 saturated carbocycles. The van der Waals surface area contributed by atoms with Crippen molar-refractivity contribution in [1.82, 2.24) is 4.90 Å². The summed E-state index contributed by atoms with van der Waals surface area (Å²) in [6, 6.07) is 0. The molecule has 2 amide bonds. The molecule has 0 spiro atoms. The van der Waals surface area contributed by atoms with E-state index in [2.05, 4.69) is 0 Å². The molecule has 0 aliphatic heterocycles. The molecular formula is C7H11NO5. The van der Waals surface area contributed by atoms with E-state index in [9.17, 15) is 14.4 Å². The van der Waals surface area contributed by atoms with Crippen LogP contribution in [0, 0.1) is 5.92 Å². The van der Waals surface area contributed by atoms with Gasteiger partial charge in [0, 0.05) is 13.0 Å². The fourth-order valence-corrected chi connectivity index (χ4v) is 0.788. The van der Waals surface area contributed by atoms with Gasteiger partial charge in [-0.2, -0.15) is 0 Å². The number of imide groups is 1. The Bertz CT molecular complexity index is 201. The van der Waals surface area contributed by atoms with Gasteiger partial charge in [0.1, 0.15) is 6.29 Å². The van der Waals surface area contributed by atoms with Crippen molar-refractivity contribution >= 4 is 18.5 Å². The van der Waals surface area contributed by atoms with Crippen molar-refractivity contribution in [1.29, 1.82) is 0 Å². The summed E-state index contributed by atoms with van der Waals surface area (Å²) in [5.74, 6) is -0.287. The van der Waals surface area contributed by atoms with E-state index in [1.807, 2.05) is 0 Å². The molecule has 2 N–H and O–H groups in total. The van der Waals surface area contributed by atoms with Crippen molar-refractivity contribution in [2.75, 3.05) is 6.54 Å². The maximum absolute atomic E-state index is 10.3. The highest BCUT2D eigenvalue weighted by Gasteiger charge is 2.21. The van der Waals surface area contributed by atoms with Gasteiger partial charge in [0.15, 0.2) is 0 Å². The highest BCUT2D eigenvalue weighted by atomic mass is 16.4. The smallest absolute Gasteiger partial charge is 0.416 e. The molecule has 74 valence electrons. The van der Waals surface area contributed by atoms with E-state index in [1.54, 1.807) is 6.92 Å². The Kier molecular flexibility index (Phi) is 4.50. The summed E-state index contributed by atoms with van der Waals surface area (Å²) in [7, 11) is 0. The van der Waals surface area contributed by atoms with Gasteiger partial charge in [-0.1, -0.05) is 6.92 Å². The predicted octanol–water partition coefficient (Wildman–Crippen LogP) is 0.870. The van der Waals surface area contributed by atoms with Crippen LogP contribution in [0.15, 0.2) is 0 Å². The van der Waals surface area contributed by atoms with Gasteiger partial charge in [-0.05, 0) is 5.92 Å². The monoisotopic (exact) mass is 189 g/mol. The van der Waals surface area contributed by atoms with Gasteiger partial charge in [0.25, 0.3) is 0 Å². The second-order valence-electron chi connectivity index (χ2n) is 2.68. The normalized spacial score (nSPS) is 11.8. The lowest BCUT2D eigenvalue weighted by atomic mass is 10.1. The van der Waals surface area contributed by atoms with Gasteiger partial charge in [0.2, 0.25) is 0 Å². The molecule has 0 aliphatic carbocycles. The van der Waals surface area contributed by atoms with Gasteiger partial charge >= 0.3 is 12.2 Å². The third kappa shape index (κ3) is 4.09. The SMILES string of the molecule is CC(CC=O)CN(C(=O)O)C(=O)O. The van der Waals surface area contributed by atoms with Crippen LogP contribution in [-0.2, 0) is 4.79 Å². The Morgan fingerprint density at radius 1 is 1.38 bits per heavy atom. The van der Waals surface area contributed by atoms with Crippen LogP contribution >= 0.6 is 0 Å². The van der Waals surface area contributed by atoms with Crippen molar-refractivity contribution in [3.8, 4) is 0 Å². The Morgan fingerprint density at radius 3 is 2.15 bits per heavy atom. The number of carbonyl (C=O) groups excluding carboxylic acids is 1. The van der Waals surface area contributed by atoms with Gasteiger partial charge < -0.3 is 15.0 Å². The standard InChI is InChI=1S/C7H11NO5/c1-5(2-3-9)4-8(6(10)11)7(12)13/h3,5H,2,4H2,1H3,(H,10,11)(H,12,13). The van der Waals surface area contributed by atoms with Gasteiger partial charge in [-0.3, -0.25) is 0 Å². The van der Waals surface area contributed by atoms with Gasteiger partial charge in [-0.15, -0.1) is 0 Å². The summed E-state index contributed by atoms with van der Waals surface area (Å²) in [4.78, 5) is 31.0. The van der Waals surface area contributed by atoms with E-state index in [1.165, 1.54) is 0 Å². The summed E-state index contributed by atoms with van der Waals surface area (Å²) < 4.78 is 0. The zero-order chi connectivity index (χ0) is 10.4. The molecule has 0 bridgehead atoms. The summed E-state index contributed by atoms with van der Waals surface area (Å²) in [6.07, 6.45) is -2.26. The average molecular weight is 189 g/mol. The van der Waals surface area contributed by atoms with E-state index in [4.69, 9.17) is 10.2 Å². The molecule has 0 heterocycles. The van der Waals surface area contributed by atoms with E-state index in [0.717, 1.165) is 0 Å². The Labute approximate surface area is 74.8 Å². The van der Waals surface area contributed by atoms with Gasteiger partial charge in [0.05, 0.1) is 0 Å². The first-order valence-electron chi connectivity index (χ1n) is 3.66. The van der Waals surface area contributed by atoms with Crippen LogP contribution < -0.4 is 0 Å². The third-order valence-electron chi connectivity index (χ3n) is 1.45. The number of aldehydes is 1. The van der Waals surface area contributed by atoms with Crippen LogP contribution in [0.4, 0.5) is 9.59 Å². The third-order valence-corrected chi connectivity index (χ3v) is 1.45. The Morgan fingerprint density at radius 2 is 1.85 bits per heavy atom. The second-order valence-corrected chi connectivity index (χ2v) is 2.68. The highest BCUT2D eigenvalue weighted by Crippen LogP contribution is 2.03. The topological polar surface area (TPSA) is 94.9 Å². The second kappa shape index (κ2) is 5.13. The number of hydrogen-bond acceptors (Lipinski definition) is 3. The lowest BCUT2D eigenvalue weighted by molar-refractivity contribution is -0.108. The first kappa shape index (κ1) is 11.4. The van der Waals surface area contributed by atoms with E-state index in [-0.39, 0.29) is 23.8 Å². The van der Waals surface area contributed by atoms with E-state index < -0.39 is 12.2 Å². The van der Waals surface area contributed by atoms with Gasteiger partial charge in [-0.25, -0.2) is 14.5 Å². The van der Waals surface area contributed by atoms with Crippen LogP contribution in [-0.4, -0.2) is 40.1 Å². The summed E-state index contributed by atoms with van der Waals surface area (Å²) >= 11 is 0. The molecule has 6 heteroatoms. The number of carboxylic acid groups (broad SMARTS) is 2. The Hall–Kier alpha value is -1.59. The molecule has 0 fully saturated rings. The number of nitrogens with zero attached hydrogens (tertiary/aromatic N) is 1. The van der Waals surface area contributed by atoms with Crippen LogP contribution in [0.2, 0.25) is 0 Å². The van der Waals surface area contributed by atoms with Crippen molar-refractivity contribution in [3.05, 3.63) is 0 Å². The maximum Gasteiger partial charge on any atom is 0.416 e. The molecule has 6 nitrogen and oxygen atoms in total. The molecule has 13 heavy (non-hydrogen) atoms. The maximum atomic E-state index is 10.3. The number of hydrogen-bond donors (Lipinski definition) is 2. The van der Waals surface area contributed by atoms with Crippen molar-refractivity contribution in [2.24, 2.45) is 5.92 Å². The average Bonchev–Trinajstić information content (AvgIpc) is 1.99. The molecule has 1 atom stereocenters. The van der Waals surface area contributed by atoms with Crippen LogP contribution in [0.1, 0.15) is 13.3 Å². The van der Waals surface area contributed by atoms with Crippen LogP contribution in [0.5, 0.6) is 0 Å². The van der Waals surface area contributed by atoms with E-state index in [0.29, 0.717) is 6.29 Å². The summed E-state index contributed by atoms with van der Waals surface area (Å²) in [5.41, 5.74) is 0. The number of amides is 2. The molecule has 0 aromatic heterocycles. The zero-order valence-corrected chi connectivity index (χ0v) is 7.14. The fourth-order valence-electron chi connectivity index (χ4n) is 0.788. The summed E-state index contributed by atoms with van der Waals surface area (Å²) in [6.45, 7) is 1.43.